The minimum atomic E-state index is -0.631. The lowest BCUT2D eigenvalue weighted by Crippen LogP contribution is -2.28. The monoisotopic (exact) mass is 536 g/mol. The van der Waals surface area contributed by atoms with Crippen molar-refractivity contribution in [2.75, 3.05) is 23.4 Å². The molecule has 0 unspecified atom stereocenters. The van der Waals surface area contributed by atoms with Crippen molar-refractivity contribution in [2.45, 2.75) is 20.3 Å². The fourth-order valence-corrected chi connectivity index (χ4v) is 3.97. The first-order valence-corrected chi connectivity index (χ1v) is 12.0. The van der Waals surface area contributed by atoms with Crippen molar-refractivity contribution in [3.05, 3.63) is 82.3 Å². The lowest BCUT2D eigenvalue weighted by Gasteiger charge is -2.17. The number of anilines is 2. The average molecular weight is 537 g/mol. The van der Waals surface area contributed by atoms with E-state index in [1.165, 1.54) is 0 Å². The third-order valence-corrected chi connectivity index (χ3v) is 6.54. The molecule has 4 rings (SSSR count). The molecule has 35 heavy (non-hydrogen) atoms. The summed E-state index contributed by atoms with van der Waals surface area (Å²) in [5.41, 5.74) is 3.40. The van der Waals surface area contributed by atoms with Gasteiger partial charge in [-0.2, -0.15) is 0 Å². The molecule has 3 aromatic rings. The van der Waals surface area contributed by atoms with Gasteiger partial charge < -0.3 is 19.7 Å². The van der Waals surface area contributed by atoms with Gasteiger partial charge in [0.1, 0.15) is 11.5 Å². The lowest BCUT2D eigenvalue weighted by atomic mass is 10.1. The van der Waals surface area contributed by atoms with Crippen molar-refractivity contribution in [3.63, 3.8) is 0 Å². The molecule has 3 aromatic carbocycles. The highest BCUT2D eigenvalue weighted by molar-refractivity contribution is 9.10. The minimum Gasteiger partial charge on any atom is -0.457 e. The van der Waals surface area contributed by atoms with Crippen molar-refractivity contribution < 1.29 is 23.9 Å². The van der Waals surface area contributed by atoms with E-state index >= 15 is 0 Å². The number of carbonyl (C=O) groups is 3. The lowest BCUT2D eigenvalue weighted by molar-refractivity contribution is -0.151. The summed E-state index contributed by atoms with van der Waals surface area (Å²) in [5.74, 6) is -0.440. The zero-order valence-corrected chi connectivity index (χ0v) is 21.0. The number of esters is 1. The number of nitrogens with zero attached hydrogens (tertiary/aromatic N) is 1. The zero-order valence-electron chi connectivity index (χ0n) is 19.4. The Morgan fingerprint density at radius 1 is 1.00 bits per heavy atom. The molecule has 0 aromatic heterocycles. The van der Waals surface area contributed by atoms with Gasteiger partial charge in [-0.05, 0) is 74.0 Å². The SMILES string of the molecule is Cc1ccc(Oc2ccc(N3C[C@@H](C(=O)OCC(=O)Nc4ccc(Br)c(C)c4)CC3=O)cc2)cc1. The number of hydrogen-bond acceptors (Lipinski definition) is 5. The van der Waals surface area contributed by atoms with E-state index in [0.29, 0.717) is 17.1 Å². The van der Waals surface area contributed by atoms with E-state index < -0.39 is 24.4 Å². The number of amides is 2. The van der Waals surface area contributed by atoms with Crippen LogP contribution in [0.25, 0.3) is 0 Å². The fraction of sp³-hybridized carbons (Fsp3) is 0.222. The molecule has 0 bridgehead atoms. The first kappa shape index (κ1) is 24.5. The molecule has 8 heteroatoms. The van der Waals surface area contributed by atoms with E-state index in [4.69, 9.17) is 9.47 Å². The second kappa shape index (κ2) is 10.7. The standard InChI is InChI=1S/C27H25BrN2O5/c1-17-3-8-22(9-4-17)35-23-10-6-21(7-11-23)30-15-19(14-26(30)32)27(33)34-16-25(31)29-20-5-12-24(28)18(2)13-20/h3-13,19H,14-16H2,1-2H3,(H,29,31)/t19-/m0/s1. The predicted molar refractivity (Wildman–Crippen MR) is 137 cm³/mol. The van der Waals surface area contributed by atoms with Crippen LogP contribution in [0.15, 0.2) is 71.2 Å². The largest absolute Gasteiger partial charge is 0.457 e. The van der Waals surface area contributed by atoms with Gasteiger partial charge in [0.25, 0.3) is 5.91 Å². The van der Waals surface area contributed by atoms with Crippen LogP contribution in [0, 0.1) is 19.8 Å². The van der Waals surface area contributed by atoms with Gasteiger partial charge >= 0.3 is 5.97 Å². The predicted octanol–water partition coefficient (Wildman–Crippen LogP) is 5.39. The van der Waals surface area contributed by atoms with Gasteiger partial charge in [0, 0.05) is 28.8 Å². The number of hydrogen-bond donors (Lipinski definition) is 1. The Kier molecular flexibility index (Phi) is 7.51. The first-order valence-electron chi connectivity index (χ1n) is 11.2. The van der Waals surface area contributed by atoms with E-state index in [1.807, 2.05) is 50.2 Å². The van der Waals surface area contributed by atoms with E-state index in [-0.39, 0.29) is 18.9 Å². The summed E-state index contributed by atoms with van der Waals surface area (Å²) in [6, 6.07) is 20.2. The van der Waals surface area contributed by atoms with E-state index in [2.05, 4.69) is 21.2 Å². The number of ether oxygens (including phenoxy) is 2. The Bertz CT molecular complexity index is 1240. The quantitative estimate of drug-likeness (QED) is 0.409. The second-order valence-electron chi connectivity index (χ2n) is 8.43. The number of aryl methyl sites for hydroxylation is 2. The number of benzene rings is 3. The van der Waals surface area contributed by atoms with Crippen LogP contribution in [-0.4, -0.2) is 30.9 Å². The van der Waals surface area contributed by atoms with Crippen LogP contribution in [-0.2, 0) is 19.1 Å². The van der Waals surface area contributed by atoms with E-state index in [1.54, 1.807) is 35.2 Å². The van der Waals surface area contributed by atoms with Crippen LogP contribution < -0.4 is 15.0 Å². The smallest absolute Gasteiger partial charge is 0.311 e. The van der Waals surface area contributed by atoms with Gasteiger partial charge in [0.2, 0.25) is 5.91 Å². The molecule has 0 radical (unpaired) electrons. The molecule has 1 saturated heterocycles. The molecule has 1 aliphatic rings. The van der Waals surface area contributed by atoms with Gasteiger partial charge in [-0.15, -0.1) is 0 Å². The first-order chi connectivity index (χ1) is 16.8. The van der Waals surface area contributed by atoms with Crippen molar-refractivity contribution >= 4 is 45.1 Å². The van der Waals surface area contributed by atoms with Crippen LogP contribution in [0.5, 0.6) is 11.5 Å². The van der Waals surface area contributed by atoms with E-state index in [9.17, 15) is 14.4 Å². The number of halogens is 1. The topological polar surface area (TPSA) is 84.9 Å². The fourth-order valence-electron chi connectivity index (χ4n) is 3.73. The average Bonchev–Trinajstić information content (AvgIpc) is 3.23. The van der Waals surface area contributed by atoms with Crippen molar-refractivity contribution in [1.29, 1.82) is 0 Å². The Morgan fingerprint density at radius 2 is 1.66 bits per heavy atom. The number of nitrogens with one attached hydrogen (secondary N) is 1. The molecular weight excluding hydrogens is 512 g/mol. The number of rotatable bonds is 7. The molecule has 1 heterocycles. The highest BCUT2D eigenvalue weighted by Gasteiger charge is 2.36. The normalized spacial score (nSPS) is 15.1. The van der Waals surface area contributed by atoms with Crippen LogP contribution >= 0.6 is 15.9 Å². The third kappa shape index (κ3) is 6.27. The van der Waals surface area contributed by atoms with Crippen LogP contribution in [0.1, 0.15) is 17.5 Å². The molecule has 1 atom stereocenters. The Balaban J connectivity index is 1.29. The maximum Gasteiger partial charge on any atom is 0.311 e. The molecule has 0 aliphatic carbocycles. The minimum absolute atomic E-state index is 0.0357. The van der Waals surface area contributed by atoms with E-state index in [0.717, 1.165) is 21.3 Å². The summed E-state index contributed by atoms with van der Waals surface area (Å²) >= 11 is 3.41. The van der Waals surface area contributed by atoms with Gasteiger partial charge in [0.15, 0.2) is 6.61 Å². The Hall–Kier alpha value is -3.65. The molecule has 1 fully saturated rings. The number of carbonyl (C=O) groups excluding carboxylic acids is 3. The molecular formula is C27H25BrN2O5. The van der Waals surface area contributed by atoms with Crippen LogP contribution in [0.3, 0.4) is 0 Å². The molecule has 2 amide bonds. The molecule has 0 saturated carbocycles. The van der Waals surface area contributed by atoms with Crippen molar-refractivity contribution in [2.24, 2.45) is 5.92 Å². The highest BCUT2D eigenvalue weighted by atomic mass is 79.9. The van der Waals surface area contributed by atoms with Crippen molar-refractivity contribution in [1.82, 2.24) is 0 Å². The Morgan fingerprint density at radius 3 is 2.31 bits per heavy atom. The van der Waals surface area contributed by atoms with Gasteiger partial charge in [-0.25, -0.2) is 0 Å². The van der Waals surface area contributed by atoms with Crippen LogP contribution in [0.4, 0.5) is 11.4 Å². The third-order valence-electron chi connectivity index (χ3n) is 5.65. The summed E-state index contributed by atoms with van der Waals surface area (Å²) < 4.78 is 11.9. The van der Waals surface area contributed by atoms with Gasteiger partial charge in [-0.3, -0.25) is 14.4 Å². The van der Waals surface area contributed by atoms with Gasteiger partial charge in [-0.1, -0.05) is 33.6 Å². The zero-order chi connectivity index (χ0) is 24.9. The summed E-state index contributed by atoms with van der Waals surface area (Å²) in [6.45, 7) is 3.70. The van der Waals surface area contributed by atoms with Crippen LogP contribution in [0.2, 0.25) is 0 Å². The van der Waals surface area contributed by atoms with Crippen molar-refractivity contribution in [3.8, 4) is 11.5 Å². The summed E-state index contributed by atoms with van der Waals surface area (Å²) in [7, 11) is 0. The summed E-state index contributed by atoms with van der Waals surface area (Å²) in [6.07, 6.45) is 0.0357. The Labute approximate surface area is 212 Å². The second-order valence-corrected chi connectivity index (χ2v) is 9.29. The molecule has 0 spiro atoms. The maximum atomic E-state index is 12.5. The molecule has 180 valence electrons. The van der Waals surface area contributed by atoms with Gasteiger partial charge in [0.05, 0.1) is 5.92 Å². The molecule has 1 N–H and O–H groups in total. The maximum absolute atomic E-state index is 12.5. The summed E-state index contributed by atoms with van der Waals surface area (Å²) in [5, 5.41) is 2.70. The summed E-state index contributed by atoms with van der Waals surface area (Å²) in [4.78, 5) is 38.8. The molecule has 7 nitrogen and oxygen atoms in total. The highest BCUT2D eigenvalue weighted by Crippen LogP contribution is 2.29. The molecule has 1 aliphatic heterocycles.